The van der Waals surface area contributed by atoms with Gasteiger partial charge in [0.1, 0.15) is 0 Å². The van der Waals surface area contributed by atoms with Crippen molar-refractivity contribution in [3.05, 3.63) is 35.2 Å². The van der Waals surface area contributed by atoms with Crippen molar-refractivity contribution in [2.24, 2.45) is 0 Å². The third kappa shape index (κ3) is 2.97. The normalized spacial score (nSPS) is 11.8. The highest BCUT2D eigenvalue weighted by Crippen LogP contribution is 2.06. The summed E-state index contributed by atoms with van der Waals surface area (Å²) in [6.07, 6.45) is 3.43. The molecule has 0 bridgehead atoms. The highest BCUT2D eigenvalue weighted by molar-refractivity contribution is 5.49. The SMILES string of the molecule is C/C(=C/c1cc(CO)ccn1)CO. The first-order valence-electron chi connectivity index (χ1n) is 4.10. The van der Waals surface area contributed by atoms with Crippen molar-refractivity contribution in [1.82, 2.24) is 4.98 Å². The van der Waals surface area contributed by atoms with Crippen LogP contribution in [0.5, 0.6) is 0 Å². The molecule has 0 aliphatic heterocycles. The number of hydrogen-bond donors (Lipinski definition) is 2. The summed E-state index contributed by atoms with van der Waals surface area (Å²) in [5.41, 5.74) is 2.44. The molecule has 0 unspecified atom stereocenters. The topological polar surface area (TPSA) is 53.4 Å². The third-order valence-corrected chi connectivity index (χ3v) is 1.67. The molecule has 0 saturated heterocycles. The van der Waals surface area contributed by atoms with Gasteiger partial charge in [-0.25, -0.2) is 0 Å². The Bertz CT molecular complexity index is 308. The fourth-order valence-electron chi connectivity index (χ4n) is 0.970. The van der Waals surface area contributed by atoms with Gasteiger partial charge in [0.25, 0.3) is 0 Å². The first kappa shape index (κ1) is 9.89. The lowest BCUT2D eigenvalue weighted by Gasteiger charge is -1.98. The van der Waals surface area contributed by atoms with Gasteiger partial charge in [-0.1, -0.05) is 0 Å². The van der Waals surface area contributed by atoms with Crippen LogP contribution in [-0.2, 0) is 6.61 Å². The minimum absolute atomic E-state index is 0.0154. The number of aliphatic hydroxyl groups is 2. The zero-order chi connectivity index (χ0) is 9.68. The van der Waals surface area contributed by atoms with E-state index in [1.54, 1.807) is 24.4 Å². The maximum atomic E-state index is 8.86. The smallest absolute Gasteiger partial charge is 0.0683 e. The molecule has 70 valence electrons. The minimum Gasteiger partial charge on any atom is -0.392 e. The van der Waals surface area contributed by atoms with Gasteiger partial charge in [0, 0.05) is 6.20 Å². The van der Waals surface area contributed by atoms with Gasteiger partial charge in [0.2, 0.25) is 0 Å². The molecule has 0 atom stereocenters. The summed E-state index contributed by atoms with van der Waals surface area (Å²) in [7, 11) is 0. The number of rotatable bonds is 3. The summed E-state index contributed by atoms with van der Waals surface area (Å²) in [6.45, 7) is 1.87. The van der Waals surface area contributed by atoms with Crippen LogP contribution < -0.4 is 0 Å². The van der Waals surface area contributed by atoms with Crippen molar-refractivity contribution in [2.45, 2.75) is 13.5 Å². The van der Waals surface area contributed by atoms with Crippen LogP contribution in [0.15, 0.2) is 23.9 Å². The molecule has 0 aliphatic carbocycles. The Morgan fingerprint density at radius 1 is 1.54 bits per heavy atom. The van der Waals surface area contributed by atoms with Crippen LogP contribution in [0.3, 0.4) is 0 Å². The van der Waals surface area contributed by atoms with Gasteiger partial charge in [0.05, 0.1) is 18.9 Å². The lowest BCUT2D eigenvalue weighted by atomic mass is 10.2. The largest absolute Gasteiger partial charge is 0.392 e. The van der Waals surface area contributed by atoms with Crippen molar-refractivity contribution < 1.29 is 10.2 Å². The Morgan fingerprint density at radius 3 is 2.92 bits per heavy atom. The average molecular weight is 179 g/mol. The predicted octanol–water partition coefficient (Wildman–Crippen LogP) is 0.970. The Balaban J connectivity index is 2.89. The molecule has 13 heavy (non-hydrogen) atoms. The van der Waals surface area contributed by atoms with Crippen LogP contribution in [0, 0.1) is 0 Å². The fourth-order valence-corrected chi connectivity index (χ4v) is 0.970. The van der Waals surface area contributed by atoms with Gasteiger partial charge in [-0.3, -0.25) is 4.98 Å². The Labute approximate surface area is 77.4 Å². The lowest BCUT2D eigenvalue weighted by Crippen LogP contribution is -1.89. The van der Waals surface area contributed by atoms with Crippen molar-refractivity contribution >= 4 is 6.08 Å². The molecular formula is C10H13NO2. The minimum atomic E-state index is 0.0154. The second-order valence-corrected chi connectivity index (χ2v) is 2.90. The second kappa shape index (κ2) is 4.74. The van der Waals surface area contributed by atoms with Crippen LogP contribution in [-0.4, -0.2) is 21.8 Å². The van der Waals surface area contributed by atoms with Crippen molar-refractivity contribution in [3.63, 3.8) is 0 Å². The third-order valence-electron chi connectivity index (χ3n) is 1.67. The van der Waals surface area contributed by atoms with Crippen molar-refractivity contribution in [1.29, 1.82) is 0 Å². The maximum Gasteiger partial charge on any atom is 0.0683 e. The first-order valence-corrected chi connectivity index (χ1v) is 4.10. The van der Waals surface area contributed by atoms with Gasteiger partial charge in [0.15, 0.2) is 0 Å². The van der Waals surface area contributed by atoms with E-state index in [9.17, 15) is 0 Å². The van der Waals surface area contributed by atoms with Crippen LogP contribution in [0.25, 0.3) is 6.08 Å². The van der Waals surface area contributed by atoms with E-state index in [4.69, 9.17) is 10.2 Å². The summed E-state index contributed by atoms with van der Waals surface area (Å²) in [4.78, 5) is 4.08. The first-order chi connectivity index (χ1) is 6.26. The molecule has 3 nitrogen and oxygen atoms in total. The number of hydrogen-bond acceptors (Lipinski definition) is 3. The molecule has 0 saturated carbocycles. The Hall–Kier alpha value is -1.19. The summed E-state index contributed by atoms with van der Waals surface area (Å²) < 4.78 is 0. The fraction of sp³-hybridized carbons (Fsp3) is 0.300. The van der Waals surface area contributed by atoms with Crippen molar-refractivity contribution in [3.8, 4) is 0 Å². The molecule has 0 fully saturated rings. The monoisotopic (exact) mass is 179 g/mol. The number of aliphatic hydroxyl groups excluding tert-OH is 2. The quantitative estimate of drug-likeness (QED) is 0.727. The van der Waals surface area contributed by atoms with E-state index < -0.39 is 0 Å². The van der Waals surface area contributed by atoms with Gasteiger partial charge >= 0.3 is 0 Å². The molecule has 1 aromatic rings. The van der Waals surface area contributed by atoms with Crippen molar-refractivity contribution in [2.75, 3.05) is 6.61 Å². The van der Waals surface area contributed by atoms with E-state index in [1.165, 1.54) is 0 Å². The van der Waals surface area contributed by atoms with Crippen LogP contribution in [0.2, 0.25) is 0 Å². The average Bonchev–Trinajstić information content (AvgIpc) is 2.18. The number of nitrogens with zero attached hydrogens (tertiary/aromatic N) is 1. The molecule has 0 aromatic carbocycles. The summed E-state index contributed by atoms with van der Waals surface area (Å²) in [5.74, 6) is 0. The molecule has 3 heteroatoms. The summed E-state index contributed by atoms with van der Waals surface area (Å²) in [6, 6.07) is 3.55. The van der Waals surface area contributed by atoms with E-state index >= 15 is 0 Å². The highest BCUT2D eigenvalue weighted by atomic mass is 16.3. The van der Waals surface area contributed by atoms with E-state index in [0.29, 0.717) is 0 Å². The zero-order valence-corrected chi connectivity index (χ0v) is 7.57. The molecular weight excluding hydrogens is 166 g/mol. The second-order valence-electron chi connectivity index (χ2n) is 2.90. The van der Waals surface area contributed by atoms with E-state index in [1.807, 2.05) is 6.92 Å². The van der Waals surface area contributed by atoms with Gasteiger partial charge < -0.3 is 10.2 Å². The molecule has 1 aromatic heterocycles. The Morgan fingerprint density at radius 2 is 2.31 bits per heavy atom. The zero-order valence-electron chi connectivity index (χ0n) is 7.57. The standard InChI is InChI=1S/C10H13NO2/c1-8(6-12)4-10-5-9(7-13)2-3-11-10/h2-5,12-13H,6-7H2,1H3/b8-4-. The maximum absolute atomic E-state index is 8.86. The number of aromatic nitrogens is 1. The molecule has 0 radical (unpaired) electrons. The molecule has 0 amide bonds. The van der Waals surface area contributed by atoms with Crippen LogP contribution in [0.1, 0.15) is 18.2 Å². The van der Waals surface area contributed by atoms with Gasteiger partial charge in [-0.15, -0.1) is 0 Å². The molecule has 1 heterocycles. The molecule has 0 spiro atoms. The van der Waals surface area contributed by atoms with Gasteiger partial charge in [-0.05, 0) is 36.3 Å². The summed E-state index contributed by atoms with van der Waals surface area (Å²) in [5, 5.41) is 17.6. The molecule has 0 aliphatic rings. The van der Waals surface area contributed by atoms with Crippen LogP contribution in [0.4, 0.5) is 0 Å². The van der Waals surface area contributed by atoms with E-state index in [-0.39, 0.29) is 13.2 Å². The predicted molar refractivity (Wildman–Crippen MR) is 50.9 cm³/mol. The lowest BCUT2D eigenvalue weighted by molar-refractivity contribution is 0.281. The summed E-state index contributed by atoms with van der Waals surface area (Å²) >= 11 is 0. The molecule has 2 N–H and O–H groups in total. The Kier molecular flexibility index (Phi) is 3.61. The van der Waals surface area contributed by atoms with Gasteiger partial charge in [-0.2, -0.15) is 0 Å². The van der Waals surface area contributed by atoms with E-state index in [0.717, 1.165) is 16.8 Å². The molecule has 1 rings (SSSR count). The van der Waals surface area contributed by atoms with Crippen LogP contribution >= 0.6 is 0 Å². The highest BCUT2D eigenvalue weighted by Gasteiger charge is 1.93. The number of pyridine rings is 1. The van der Waals surface area contributed by atoms with E-state index in [2.05, 4.69) is 4.98 Å².